The molecule has 0 aliphatic carbocycles. The highest BCUT2D eigenvalue weighted by Crippen LogP contribution is 2.53. The highest BCUT2D eigenvalue weighted by molar-refractivity contribution is 7.64. The first kappa shape index (κ1) is 18.0. The molecule has 7 heteroatoms. The van der Waals surface area contributed by atoms with E-state index >= 15 is 0 Å². The minimum atomic E-state index is -3.31. The van der Waals surface area contributed by atoms with Crippen molar-refractivity contribution in [2.75, 3.05) is 26.9 Å². The molecule has 1 saturated heterocycles. The number of carbonyl (C=O) groups excluding carboxylic acids is 1. The average molecular weight is 341 g/mol. The minimum absolute atomic E-state index is 0.0326. The molecular weight excluding hydrogens is 317 g/mol. The van der Waals surface area contributed by atoms with E-state index in [2.05, 4.69) is 0 Å². The Balaban J connectivity index is 2.34. The molecule has 0 amide bonds. The van der Waals surface area contributed by atoms with E-state index in [4.69, 9.17) is 14.0 Å². The molecule has 0 bridgehead atoms. The molecule has 1 aliphatic heterocycles. The molecule has 0 N–H and O–H groups in total. The number of nitrogens with zero attached hydrogens (tertiary/aromatic N) is 1. The fourth-order valence-corrected chi connectivity index (χ4v) is 5.06. The Kier molecular flexibility index (Phi) is 6.22. The molecule has 1 heterocycles. The number of carbonyl (C=O) groups is 1. The minimum Gasteiger partial charge on any atom is -0.497 e. The summed E-state index contributed by atoms with van der Waals surface area (Å²) < 4.78 is 31.2. The summed E-state index contributed by atoms with van der Waals surface area (Å²) in [7, 11) is -1.73. The summed E-state index contributed by atoms with van der Waals surface area (Å²) in [6.07, 6.45) is 1.63. The van der Waals surface area contributed by atoms with E-state index in [-0.39, 0.29) is 12.6 Å². The SMILES string of the molecule is CCOC(=O)CN1C(C)CCCOP1(=O)c1ccc(OC)cc1. The van der Waals surface area contributed by atoms with Gasteiger partial charge in [-0.15, -0.1) is 0 Å². The van der Waals surface area contributed by atoms with Gasteiger partial charge in [-0.3, -0.25) is 9.36 Å². The summed E-state index contributed by atoms with van der Waals surface area (Å²) in [5.74, 6) is 0.291. The predicted octanol–water partition coefficient (Wildman–Crippen LogP) is 2.58. The topological polar surface area (TPSA) is 65.1 Å². The number of esters is 1. The van der Waals surface area contributed by atoms with E-state index in [1.54, 1.807) is 43.0 Å². The number of methoxy groups -OCH3 is 1. The zero-order chi connectivity index (χ0) is 16.9. The fourth-order valence-electron chi connectivity index (χ4n) is 2.63. The Bertz CT molecular complexity index is 574. The maximum atomic E-state index is 13.6. The molecule has 1 aromatic rings. The van der Waals surface area contributed by atoms with Gasteiger partial charge in [0.1, 0.15) is 12.3 Å². The molecule has 23 heavy (non-hydrogen) atoms. The van der Waals surface area contributed by atoms with Crippen LogP contribution in [0.4, 0.5) is 0 Å². The molecule has 128 valence electrons. The fraction of sp³-hybridized carbons (Fsp3) is 0.562. The van der Waals surface area contributed by atoms with Crippen molar-refractivity contribution in [2.45, 2.75) is 32.7 Å². The first-order valence-corrected chi connectivity index (χ1v) is 9.41. The summed E-state index contributed by atoms with van der Waals surface area (Å²) in [6.45, 7) is 4.38. The summed E-state index contributed by atoms with van der Waals surface area (Å²) in [5, 5.41) is 0.566. The lowest BCUT2D eigenvalue weighted by atomic mass is 10.2. The van der Waals surface area contributed by atoms with Gasteiger partial charge in [-0.1, -0.05) is 0 Å². The lowest BCUT2D eigenvalue weighted by Gasteiger charge is -2.32. The second-order valence-corrected chi connectivity index (χ2v) is 7.77. The van der Waals surface area contributed by atoms with Crippen LogP contribution >= 0.6 is 7.52 Å². The largest absolute Gasteiger partial charge is 0.497 e. The lowest BCUT2D eigenvalue weighted by molar-refractivity contribution is -0.143. The van der Waals surface area contributed by atoms with Crippen LogP contribution < -0.4 is 10.0 Å². The Morgan fingerprint density at radius 3 is 2.70 bits per heavy atom. The van der Waals surface area contributed by atoms with E-state index < -0.39 is 13.5 Å². The standard InChI is InChI=1S/C16H24NO5P/c1-4-21-16(18)12-17-13(2)6-5-11-22-23(17,19)15-9-7-14(20-3)8-10-15/h7-10,13H,4-6,11-12H2,1-3H3. The van der Waals surface area contributed by atoms with Crippen LogP contribution in [-0.2, 0) is 18.6 Å². The molecule has 2 rings (SSSR count). The first-order chi connectivity index (χ1) is 11.0. The number of benzene rings is 1. The summed E-state index contributed by atoms with van der Waals surface area (Å²) >= 11 is 0. The smallest absolute Gasteiger partial charge is 0.320 e. The van der Waals surface area contributed by atoms with Crippen LogP contribution in [0.3, 0.4) is 0 Å². The average Bonchev–Trinajstić information content (AvgIpc) is 2.69. The van der Waals surface area contributed by atoms with E-state index in [0.717, 1.165) is 12.8 Å². The van der Waals surface area contributed by atoms with Crippen molar-refractivity contribution < 1.29 is 23.4 Å². The zero-order valence-electron chi connectivity index (χ0n) is 13.9. The molecule has 2 atom stereocenters. The van der Waals surface area contributed by atoms with Gasteiger partial charge in [-0.05, 0) is 51.0 Å². The molecule has 0 spiro atoms. The summed E-state index contributed by atoms with van der Waals surface area (Å²) in [6, 6.07) is 6.92. The van der Waals surface area contributed by atoms with Gasteiger partial charge in [0.05, 0.1) is 25.6 Å². The van der Waals surface area contributed by atoms with E-state index in [0.29, 0.717) is 24.3 Å². The van der Waals surface area contributed by atoms with Crippen LogP contribution in [0.15, 0.2) is 24.3 Å². The third kappa shape index (κ3) is 4.14. The van der Waals surface area contributed by atoms with E-state index in [1.165, 1.54) is 0 Å². The van der Waals surface area contributed by atoms with Crippen molar-refractivity contribution in [3.05, 3.63) is 24.3 Å². The van der Waals surface area contributed by atoms with Crippen LogP contribution in [0.5, 0.6) is 5.75 Å². The number of hydrogen-bond donors (Lipinski definition) is 0. The van der Waals surface area contributed by atoms with Crippen molar-refractivity contribution in [1.29, 1.82) is 0 Å². The van der Waals surface area contributed by atoms with Crippen LogP contribution in [0.2, 0.25) is 0 Å². The van der Waals surface area contributed by atoms with Gasteiger partial charge in [-0.25, -0.2) is 4.67 Å². The number of ether oxygens (including phenoxy) is 2. The van der Waals surface area contributed by atoms with Crippen molar-refractivity contribution in [3.63, 3.8) is 0 Å². The van der Waals surface area contributed by atoms with Crippen molar-refractivity contribution in [1.82, 2.24) is 4.67 Å². The summed E-state index contributed by atoms with van der Waals surface area (Å²) in [4.78, 5) is 11.9. The first-order valence-electron chi connectivity index (χ1n) is 7.83. The third-order valence-electron chi connectivity index (χ3n) is 3.87. The molecular formula is C16H24NO5P. The van der Waals surface area contributed by atoms with Gasteiger partial charge in [0.2, 0.25) is 0 Å². The molecule has 2 unspecified atom stereocenters. The number of hydrogen-bond acceptors (Lipinski definition) is 5. The third-order valence-corrected chi connectivity index (χ3v) is 6.57. The van der Waals surface area contributed by atoms with E-state index in [1.807, 2.05) is 6.92 Å². The normalized spacial score (nSPS) is 25.6. The second-order valence-electron chi connectivity index (χ2n) is 5.45. The molecule has 0 saturated carbocycles. The van der Waals surface area contributed by atoms with Crippen molar-refractivity contribution in [2.24, 2.45) is 0 Å². The monoisotopic (exact) mass is 341 g/mol. The Morgan fingerprint density at radius 1 is 1.39 bits per heavy atom. The van der Waals surface area contributed by atoms with Gasteiger partial charge in [0.15, 0.2) is 0 Å². The number of rotatable bonds is 5. The maximum Gasteiger partial charge on any atom is 0.320 e. The molecule has 1 fully saturated rings. The highest BCUT2D eigenvalue weighted by atomic mass is 31.2. The van der Waals surface area contributed by atoms with Crippen LogP contribution in [-0.4, -0.2) is 43.5 Å². The quantitative estimate of drug-likeness (QED) is 0.606. The van der Waals surface area contributed by atoms with Gasteiger partial charge in [0, 0.05) is 6.04 Å². The molecule has 1 aliphatic rings. The van der Waals surface area contributed by atoms with Crippen molar-refractivity contribution >= 4 is 18.8 Å². The van der Waals surface area contributed by atoms with Gasteiger partial charge >= 0.3 is 13.5 Å². The molecule has 0 aromatic heterocycles. The summed E-state index contributed by atoms with van der Waals surface area (Å²) in [5.41, 5.74) is 0. The van der Waals surface area contributed by atoms with Gasteiger partial charge < -0.3 is 14.0 Å². The second kappa shape index (κ2) is 7.95. The van der Waals surface area contributed by atoms with E-state index in [9.17, 15) is 9.36 Å². The van der Waals surface area contributed by atoms with Gasteiger partial charge in [-0.2, -0.15) is 0 Å². The van der Waals surface area contributed by atoms with Gasteiger partial charge in [0.25, 0.3) is 0 Å². The lowest BCUT2D eigenvalue weighted by Crippen LogP contribution is -2.37. The Hall–Kier alpha value is -1.36. The highest BCUT2D eigenvalue weighted by Gasteiger charge is 2.40. The molecule has 0 radical (unpaired) electrons. The molecule has 1 aromatic carbocycles. The predicted molar refractivity (Wildman–Crippen MR) is 88.2 cm³/mol. The Morgan fingerprint density at radius 2 is 2.09 bits per heavy atom. The van der Waals surface area contributed by atoms with Crippen LogP contribution in [0.1, 0.15) is 26.7 Å². The maximum absolute atomic E-state index is 13.6. The van der Waals surface area contributed by atoms with Crippen LogP contribution in [0, 0.1) is 0 Å². The zero-order valence-corrected chi connectivity index (χ0v) is 14.8. The van der Waals surface area contributed by atoms with Crippen molar-refractivity contribution in [3.8, 4) is 5.75 Å². The Labute approximate surface area is 137 Å². The molecule has 6 nitrogen and oxygen atoms in total. The van der Waals surface area contributed by atoms with Crippen LogP contribution in [0.25, 0.3) is 0 Å².